The molecular weight excluding hydrogens is 516 g/mol. The van der Waals surface area contributed by atoms with Crippen molar-refractivity contribution in [2.24, 2.45) is 0 Å². The molecule has 3 aromatic rings. The zero-order valence-corrected chi connectivity index (χ0v) is 24.1. The monoisotopic (exact) mass is 550 g/mol. The van der Waals surface area contributed by atoms with Gasteiger partial charge < -0.3 is 9.47 Å². The Bertz CT molecular complexity index is 1280. The Morgan fingerprint density at radius 2 is 1.58 bits per heavy atom. The molecule has 1 atom stereocenters. The molecule has 0 saturated heterocycles. The van der Waals surface area contributed by atoms with Crippen LogP contribution in [0, 0.1) is 13.8 Å². The molecule has 1 fully saturated rings. The van der Waals surface area contributed by atoms with Crippen LogP contribution < -0.4 is 4.74 Å². The number of esters is 1. The van der Waals surface area contributed by atoms with Crippen LogP contribution in [0.3, 0.4) is 0 Å². The van der Waals surface area contributed by atoms with E-state index in [0.717, 1.165) is 71.2 Å². The quantitative estimate of drug-likeness (QED) is 0.199. The molecule has 1 unspecified atom stereocenters. The Kier molecular flexibility index (Phi) is 9.22. The third-order valence-corrected chi connectivity index (χ3v) is 9.45. The molecule has 0 aromatic heterocycles. The summed E-state index contributed by atoms with van der Waals surface area (Å²) in [4.78, 5) is 27.7. The van der Waals surface area contributed by atoms with E-state index in [1.54, 1.807) is 18.9 Å². The number of benzene rings is 3. The van der Waals surface area contributed by atoms with Crippen LogP contribution >= 0.6 is 23.4 Å². The largest absolute Gasteiger partial charge is 0.497 e. The van der Waals surface area contributed by atoms with Crippen LogP contribution in [-0.4, -0.2) is 30.7 Å². The Labute approximate surface area is 235 Å². The molecule has 3 aromatic carbocycles. The molecule has 4 rings (SSSR count). The van der Waals surface area contributed by atoms with E-state index < -0.39 is 16.6 Å². The molecule has 1 aliphatic rings. The molecule has 200 valence electrons. The second-order valence-electron chi connectivity index (χ2n) is 10.0. The van der Waals surface area contributed by atoms with Crippen LogP contribution in [0.15, 0.2) is 60.7 Å². The van der Waals surface area contributed by atoms with Crippen LogP contribution in [0.4, 0.5) is 0 Å². The maximum absolute atomic E-state index is 14.4. The summed E-state index contributed by atoms with van der Waals surface area (Å²) >= 11 is 7.76. The van der Waals surface area contributed by atoms with E-state index in [1.807, 2.05) is 68.4 Å². The number of rotatable bonds is 9. The van der Waals surface area contributed by atoms with Gasteiger partial charge in [0.2, 0.25) is 0 Å². The highest BCUT2D eigenvalue weighted by Crippen LogP contribution is 2.46. The highest BCUT2D eigenvalue weighted by atomic mass is 35.5. The zero-order chi connectivity index (χ0) is 27.3. The zero-order valence-electron chi connectivity index (χ0n) is 22.5. The van der Waals surface area contributed by atoms with E-state index in [9.17, 15) is 9.59 Å². The minimum Gasteiger partial charge on any atom is -0.497 e. The van der Waals surface area contributed by atoms with Crippen LogP contribution in [0.2, 0.25) is 5.02 Å². The SMILES string of the molecule is COC(=O)C(C(=O)C1(SCc2ccc(OC)cc2)CCCCC1)c1cc(C)c(-c2ccc(Cl)cc2)cc1C. The summed E-state index contributed by atoms with van der Waals surface area (Å²) in [5.74, 6) is 0.00766. The molecule has 1 saturated carbocycles. The third-order valence-electron chi connectivity index (χ3n) is 7.56. The van der Waals surface area contributed by atoms with Crippen molar-refractivity contribution >= 4 is 35.1 Å². The Morgan fingerprint density at radius 1 is 0.921 bits per heavy atom. The van der Waals surface area contributed by atoms with Crippen LogP contribution in [0.25, 0.3) is 11.1 Å². The summed E-state index contributed by atoms with van der Waals surface area (Å²) in [7, 11) is 3.02. The van der Waals surface area contributed by atoms with Gasteiger partial charge in [0, 0.05) is 10.8 Å². The first-order valence-electron chi connectivity index (χ1n) is 13.0. The minimum absolute atomic E-state index is 0.0377. The Morgan fingerprint density at radius 3 is 2.18 bits per heavy atom. The van der Waals surface area contributed by atoms with Gasteiger partial charge in [-0.25, -0.2) is 0 Å². The van der Waals surface area contributed by atoms with Gasteiger partial charge in [0.15, 0.2) is 5.78 Å². The molecule has 0 N–H and O–H groups in total. The Balaban J connectivity index is 1.69. The van der Waals surface area contributed by atoms with Crippen LogP contribution in [0.5, 0.6) is 5.75 Å². The lowest BCUT2D eigenvalue weighted by Gasteiger charge is -2.37. The van der Waals surface area contributed by atoms with Gasteiger partial charge in [-0.05, 0) is 84.3 Å². The predicted octanol–water partition coefficient (Wildman–Crippen LogP) is 8.09. The van der Waals surface area contributed by atoms with E-state index in [2.05, 4.69) is 6.07 Å². The maximum Gasteiger partial charge on any atom is 0.320 e. The van der Waals surface area contributed by atoms with Crippen LogP contribution in [0.1, 0.15) is 60.3 Å². The molecule has 6 heteroatoms. The van der Waals surface area contributed by atoms with Crippen molar-refractivity contribution in [3.63, 3.8) is 0 Å². The fraction of sp³-hybridized carbons (Fsp3) is 0.375. The van der Waals surface area contributed by atoms with Crippen molar-refractivity contribution in [2.45, 2.75) is 62.4 Å². The highest BCUT2D eigenvalue weighted by Gasteiger charge is 2.47. The van der Waals surface area contributed by atoms with Crippen LogP contribution in [-0.2, 0) is 20.1 Å². The first-order valence-corrected chi connectivity index (χ1v) is 14.4. The van der Waals surface area contributed by atoms with Crippen molar-refractivity contribution in [1.29, 1.82) is 0 Å². The van der Waals surface area contributed by atoms with E-state index in [0.29, 0.717) is 10.8 Å². The highest BCUT2D eigenvalue weighted by molar-refractivity contribution is 8.00. The number of thioether (sulfide) groups is 1. The molecule has 0 spiro atoms. The summed E-state index contributed by atoms with van der Waals surface area (Å²) in [6.45, 7) is 3.98. The number of hydrogen-bond acceptors (Lipinski definition) is 5. The number of methoxy groups -OCH3 is 2. The topological polar surface area (TPSA) is 52.6 Å². The summed E-state index contributed by atoms with van der Waals surface area (Å²) in [6, 6.07) is 19.7. The van der Waals surface area contributed by atoms with Gasteiger partial charge in [0.25, 0.3) is 0 Å². The summed E-state index contributed by atoms with van der Waals surface area (Å²) in [5.41, 5.74) is 5.85. The molecule has 0 radical (unpaired) electrons. The average molecular weight is 551 g/mol. The molecule has 4 nitrogen and oxygen atoms in total. The van der Waals surface area contributed by atoms with E-state index in [1.165, 1.54) is 7.11 Å². The Hall–Kier alpha value is -2.76. The second kappa shape index (κ2) is 12.4. The fourth-order valence-electron chi connectivity index (χ4n) is 5.37. The second-order valence-corrected chi connectivity index (χ2v) is 11.8. The van der Waals surface area contributed by atoms with Gasteiger partial charge >= 0.3 is 5.97 Å². The number of halogens is 1. The summed E-state index contributed by atoms with van der Waals surface area (Å²) < 4.78 is 9.89. The third kappa shape index (κ3) is 6.10. The minimum atomic E-state index is -0.959. The van der Waals surface area contributed by atoms with Crippen molar-refractivity contribution in [3.05, 3.63) is 87.9 Å². The molecule has 0 heterocycles. The number of hydrogen-bond donors (Lipinski definition) is 0. The number of carbonyl (C=O) groups is 2. The first-order chi connectivity index (χ1) is 18.3. The molecule has 0 bridgehead atoms. The van der Waals surface area contributed by atoms with Crippen molar-refractivity contribution in [2.75, 3.05) is 14.2 Å². The lowest BCUT2D eigenvalue weighted by atomic mass is 9.77. The smallest absolute Gasteiger partial charge is 0.320 e. The lowest BCUT2D eigenvalue weighted by Crippen LogP contribution is -2.43. The molecule has 1 aliphatic carbocycles. The normalized spacial score (nSPS) is 15.5. The molecule has 0 amide bonds. The van der Waals surface area contributed by atoms with Gasteiger partial charge in [-0.2, -0.15) is 0 Å². The van der Waals surface area contributed by atoms with E-state index >= 15 is 0 Å². The number of ketones is 1. The standard InChI is InChI=1S/C32H35ClO4S/c1-21-19-28(22(2)18-27(21)24-10-12-25(33)13-11-24)29(31(35)37-4)30(34)32(16-6-5-7-17-32)38-20-23-8-14-26(36-3)15-9-23/h8-15,18-19,29H,5-7,16-17,20H2,1-4H3. The summed E-state index contributed by atoms with van der Waals surface area (Å²) in [5, 5.41) is 0.681. The number of carbonyl (C=O) groups excluding carboxylic acids is 2. The first kappa shape index (κ1) is 28.3. The van der Waals surface area contributed by atoms with Crippen molar-refractivity contribution in [1.82, 2.24) is 0 Å². The van der Waals surface area contributed by atoms with Gasteiger partial charge in [-0.1, -0.05) is 67.3 Å². The molecule has 0 aliphatic heterocycles. The van der Waals surface area contributed by atoms with Crippen molar-refractivity contribution < 1.29 is 19.1 Å². The predicted molar refractivity (Wildman–Crippen MR) is 156 cm³/mol. The number of aryl methyl sites for hydroxylation is 2. The molecular formula is C32H35ClO4S. The maximum atomic E-state index is 14.4. The van der Waals surface area contributed by atoms with Gasteiger partial charge in [0.05, 0.1) is 19.0 Å². The summed E-state index contributed by atoms with van der Waals surface area (Å²) in [6.07, 6.45) is 4.59. The number of Topliss-reactive ketones (excluding diaryl/α,β-unsaturated/α-hetero) is 1. The van der Waals surface area contributed by atoms with Crippen molar-refractivity contribution in [3.8, 4) is 16.9 Å². The lowest BCUT2D eigenvalue weighted by molar-refractivity contribution is -0.146. The average Bonchev–Trinajstić information content (AvgIpc) is 2.94. The van der Waals surface area contributed by atoms with E-state index in [4.69, 9.17) is 21.1 Å². The van der Waals surface area contributed by atoms with Gasteiger partial charge in [0.1, 0.15) is 11.7 Å². The molecule has 38 heavy (non-hydrogen) atoms. The van der Waals surface area contributed by atoms with Gasteiger partial charge in [-0.15, -0.1) is 11.8 Å². The fourth-order valence-corrected chi connectivity index (χ4v) is 6.97. The van der Waals surface area contributed by atoms with E-state index in [-0.39, 0.29) is 5.78 Å². The number of ether oxygens (including phenoxy) is 2. The van der Waals surface area contributed by atoms with Gasteiger partial charge in [-0.3, -0.25) is 9.59 Å².